The highest BCUT2D eigenvalue weighted by Gasteiger charge is 2.16. The SMILES string of the molecule is CN(Cc1cn[nH]c1)C(=O)c1cc(Cl)cn1C. The van der Waals surface area contributed by atoms with Crippen molar-refractivity contribution in [1.29, 1.82) is 0 Å². The molecule has 0 unspecified atom stereocenters. The molecule has 0 radical (unpaired) electrons. The molecule has 0 aliphatic heterocycles. The summed E-state index contributed by atoms with van der Waals surface area (Å²) < 4.78 is 1.72. The maximum Gasteiger partial charge on any atom is 0.270 e. The van der Waals surface area contributed by atoms with Crippen molar-refractivity contribution in [3.8, 4) is 0 Å². The number of amides is 1. The number of aromatic nitrogens is 3. The molecule has 0 aliphatic carbocycles. The first-order chi connectivity index (χ1) is 8.08. The van der Waals surface area contributed by atoms with Crippen LogP contribution < -0.4 is 0 Å². The summed E-state index contributed by atoms with van der Waals surface area (Å²) in [7, 11) is 3.54. The van der Waals surface area contributed by atoms with E-state index in [0.29, 0.717) is 17.3 Å². The van der Waals surface area contributed by atoms with Gasteiger partial charge in [-0.1, -0.05) is 11.6 Å². The predicted octanol–water partition coefficient (Wildman–Crippen LogP) is 1.67. The maximum atomic E-state index is 12.1. The minimum atomic E-state index is -0.0689. The Bertz CT molecular complexity index is 518. The Morgan fingerprint density at radius 2 is 2.41 bits per heavy atom. The van der Waals surface area contributed by atoms with Crippen molar-refractivity contribution < 1.29 is 4.79 Å². The van der Waals surface area contributed by atoms with Crippen LogP contribution in [-0.4, -0.2) is 32.6 Å². The molecule has 1 amide bonds. The van der Waals surface area contributed by atoms with Crippen molar-refractivity contribution in [1.82, 2.24) is 19.7 Å². The number of nitrogens with one attached hydrogen (secondary N) is 1. The van der Waals surface area contributed by atoms with Crippen molar-refractivity contribution in [2.45, 2.75) is 6.54 Å². The standard InChI is InChI=1S/C11H13ClN4O/c1-15-7-9(12)3-10(15)11(17)16(2)6-8-4-13-14-5-8/h3-5,7H,6H2,1-2H3,(H,13,14). The molecule has 5 nitrogen and oxygen atoms in total. The van der Waals surface area contributed by atoms with Gasteiger partial charge in [-0.3, -0.25) is 9.89 Å². The molecule has 1 N–H and O–H groups in total. The van der Waals surface area contributed by atoms with E-state index >= 15 is 0 Å². The van der Waals surface area contributed by atoms with Crippen molar-refractivity contribution in [2.75, 3.05) is 7.05 Å². The molecular weight excluding hydrogens is 240 g/mol. The fraction of sp³-hybridized carbons (Fsp3) is 0.273. The second-order valence-electron chi connectivity index (χ2n) is 3.92. The van der Waals surface area contributed by atoms with Crippen LogP contribution in [0.1, 0.15) is 16.1 Å². The molecule has 2 aromatic rings. The lowest BCUT2D eigenvalue weighted by Gasteiger charge is -2.16. The van der Waals surface area contributed by atoms with E-state index in [4.69, 9.17) is 11.6 Å². The van der Waals surface area contributed by atoms with Crippen LogP contribution in [0.15, 0.2) is 24.7 Å². The first-order valence-electron chi connectivity index (χ1n) is 5.13. The van der Waals surface area contributed by atoms with E-state index in [9.17, 15) is 4.79 Å². The molecule has 0 aliphatic rings. The normalized spacial score (nSPS) is 10.5. The summed E-state index contributed by atoms with van der Waals surface area (Å²) in [4.78, 5) is 13.7. The quantitative estimate of drug-likeness (QED) is 0.904. The Hall–Kier alpha value is -1.75. The minimum absolute atomic E-state index is 0.0689. The number of hydrogen-bond donors (Lipinski definition) is 1. The van der Waals surface area contributed by atoms with Crippen LogP contribution in [0.3, 0.4) is 0 Å². The van der Waals surface area contributed by atoms with Crippen molar-refractivity contribution in [3.05, 3.63) is 40.9 Å². The van der Waals surface area contributed by atoms with Crippen LogP contribution in [0.2, 0.25) is 5.02 Å². The van der Waals surface area contributed by atoms with Gasteiger partial charge in [-0.05, 0) is 6.07 Å². The molecule has 0 spiro atoms. The maximum absolute atomic E-state index is 12.1. The van der Waals surface area contributed by atoms with Crippen molar-refractivity contribution in [2.24, 2.45) is 7.05 Å². The molecule has 0 bridgehead atoms. The van der Waals surface area contributed by atoms with Gasteiger partial charge in [-0.15, -0.1) is 0 Å². The van der Waals surface area contributed by atoms with E-state index in [1.807, 2.05) is 0 Å². The highest BCUT2D eigenvalue weighted by Crippen LogP contribution is 2.15. The number of carbonyl (C=O) groups excluding carboxylic acids is 1. The van der Waals surface area contributed by atoms with E-state index in [1.165, 1.54) is 0 Å². The molecule has 2 rings (SSSR count). The summed E-state index contributed by atoms with van der Waals surface area (Å²) in [6, 6.07) is 1.66. The molecule has 90 valence electrons. The summed E-state index contributed by atoms with van der Waals surface area (Å²) in [6.07, 6.45) is 5.17. The van der Waals surface area contributed by atoms with Crippen molar-refractivity contribution in [3.63, 3.8) is 0 Å². The Kier molecular flexibility index (Phi) is 3.19. The second kappa shape index (κ2) is 4.63. The van der Waals surface area contributed by atoms with Crippen molar-refractivity contribution >= 4 is 17.5 Å². The van der Waals surface area contributed by atoms with Crippen LogP contribution in [0, 0.1) is 0 Å². The average molecular weight is 253 g/mol. The lowest BCUT2D eigenvalue weighted by atomic mass is 10.3. The smallest absolute Gasteiger partial charge is 0.270 e. The molecule has 2 heterocycles. The van der Waals surface area contributed by atoms with E-state index in [1.54, 1.807) is 48.2 Å². The number of aromatic amines is 1. The monoisotopic (exact) mass is 252 g/mol. The third kappa shape index (κ3) is 2.50. The van der Waals surface area contributed by atoms with Gasteiger partial charge < -0.3 is 9.47 Å². The first-order valence-corrected chi connectivity index (χ1v) is 5.50. The number of carbonyl (C=O) groups is 1. The molecule has 0 saturated carbocycles. The van der Waals surface area contributed by atoms with Gasteiger partial charge in [0.2, 0.25) is 0 Å². The lowest BCUT2D eigenvalue weighted by Crippen LogP contribution is -2.27. The second-order valence-corrected chi connectivity index (χ2v) is 4.36. The molecule has 0 saturated heterocycles. The zero-order valence-corrected chi connectivity index (χ0v) is 10.4. The van der Waals surface area contributed by atoms with Gasteiger partial charge in [0, 0.05) is 38.6 Å². The van der Waals surface area contributed by atoms with Crippen LogP contribution in [-0.2, 0) is 13.6 Å². The van der Waals surface area contributed by atoms with Crippen LogP contribution in [0.4, 0.5) is 0 Å². The zero-order chi connectivity index (χ0) is 12.4. The molecular formula is C11H13ClN4O. The number of halogens is 1. The number of nitrogens with zero attached hydrogens (tertiary/aromatic N) is 3. The van der Waals surface area contributed by atoms with E-state index in [2.05, 4.69) is 10.2 Å². The highest BCUT2D eigenvalue weighted by molar-refractivity contribution is 6.31. The zero-order valence-electron chi connectivity index (χ0n) is 9.64. The molecule has 2 aromatic heterocycles. The molecule has 0 aromatic carbocycles. The summed E-state index contributed by atoms with van der Waals surface area (Å²) in [5, 5.41) is 7.12. The van der Waals surface area contributed by atoms with Gasteiger partial charge in [-0.25, -0.2) is 0 Å². The Balaban J connectivity index is 2.12. The van der Waals surface area contributed by atoms with Gasteiger partial charge >= 0.3 is 0 Å². The molecule has 0 atom stereocenters. The average Bonchev–Trinajstić information content (AvgIpc) is 2.87. The highest BCUT2D eigenvalue weighted by atomic mass is 35.5. The number of rotatable bonds is 3. The van der Waals surface area contributed by atoms with E-state index < -0.39 is 0 Å². The largest absolute Gasteiger partial charge is 0.345 e. The number of hydrogen-bond acceptors (Lipinski definition) is 2. The third-order valence-electron chi connectivity index (χ3n) is 2.51. The third-order valence-corrected chi connectivity index (χ3v) is 2.72. The van der Waals surface area contributed by atoms with Gasteiger partial charge in [0.1, 0.15) is 5.69 Å². The summed E-state index contributed by atoms with van der Waals surface area (Å²) >= 11 is 5.85. The fourth-order valence-electron chi connectivity index (χ4n) is 1.64. The van der Waals surface area contributed by atoms with Gasteiger partial charge in [0.15, 0.2) is 0 Å². The summed E-state index contributed by atoms with van der Waals surface area (Å²) in [5.74, 6) is -0.0689. The summed E-state index contributed by atoms with van der Waals surface area (Å²) in [5.41, 5.74) is 1.53. The fourth-order valence-corrected chi connectivity index (χ4v) is 1.89. The number of H-pyrrole nitrogens is 1. The van der Waals surface area contributed by atoms with Crippen LogP contribution in [0.5, 0.6) is 0 Å². The molecule has 0 fully saturated rings. The van der Waals surface area contributed by atoms with Gasteiger partial charge in [0.05, 0.1) is 11.2 Å². The van der Waals surface area contributed by atoms with E-state index in [0.717, 1.165) is 5.56 Å². The summed E-state index contributed by atoms with van der Waals surface area (Å²) in [6.45, 7) is 0.512. The van der Waals surface area contributed by atoms with Gasteiger partial charge in [-0.2, -0.15) is 5.10 Å². The van der Waals surface area contributed by atoms with E-state index in [-0.39, 0.29) is 5.91 Å². The Morgan fingerprint density at radius 1 is 1.65 bits per heavy atom. The molecule has 17 heavy (non-hydrogen) atoms. The first kappa shape index (κ1) is 11.7. The predicted molar refractivity (Wildman–Crippen MR) is 64.8 cm³/mol. The Labute approximate surface area is 104 Å². The molecule has 6 heteroatoms. The van der Waals surface area contributed by atoms with Crippen LogP contribution in [0.25, 0.3) is 0 Å². The van der Waals surface area contributed by atoms with Gasteiger partial charge in [0.25, 0.3) is 5.91 Å². The Morgan fingerprint density at radius 3 is 2.94 bits per heavy atom. The lowest BCUT2D eigenvalue weighted by molar-refractivity contribution is 0.0775. The minimum Gasteiger partial charge on any atom is -0.345 e. The number of aryl methyl sites for hydroxylation is 1. The topological polar surface area (TPSA) is 53.9 Å². The van der Waals surface area contributed by atoms with Crippen LogP contribution >= 0.6 is 11.6 Å².